The van der Waals surface area contributed by atoms with E-state index in [0.717, 1.165) is 4.47 Å². The topological polar surface area (TPSA) is 80.5 Å². The van der Waals surface area contributed by atoms with Crippen molar-refractivity contribution in [3.8, 4) is 0 Å². The van der Waals surface area contributed by atoms with E-state index in [2.05, 4.69) is 15.9 Å². The van der Waals surface area contributed by atoms with E-state index in [9.17, 15) is 13.2 Å². The summed E-state index contributed by atoms with van der Waals surface area (Å²) < 4.78 is 26.5. The zero-order valence-corrected chi connectivity index (χ0v) is 11.7. The van der Waals surface area contributed by atoms with Gasteiger partial charge in [-0.3, -0.25) is 4.79 Å². The van der Waals surface area contributed by atoms with Gasteiger partial charge in [0, 0.05) is 23.1 Å². The Morgan fingerprint density at radius 2 is 1.89 bits per heavy atom. The largest absolute Gasteiger partial charge is 0.366 e. The number of nitrogens with zero attached hydrogens (tertiary/aromatic N) is 1. The number of amides is 1. The number of sulfonamides is 1. The number of hydrogen-bond donors (Lipinski definition) is 1. The second-order valence-electron chi connectivity index (χ2n) is 3.85. The van der Waals surface area contributed by atoms with Crippen LogP contribution in [0.1, 0.15) is 0 Å². The highest BCUT2D eigenvalue weighted by Crippen LogP contribution is 2.22. The molecule has 5 nitrogen and oxygen atoms in total. The van der Waals surface area contributed by atoms with E-state index in [1.165, 1.54) is 16.4 Å². The first-order valence-electron chi connectivity index (χ1n) is 5.16. The summed E-state index contributed by atoms with van der Waals surface area (Å²) in [5.74, 6) is -0.580. The normalized spacial score (nSPS) is 16.6. The van der Waals surface area contributed by atoms with Crippen LogP contribution >= 0.6 is 15.9 Å². The Bertz CT molecular complexity index is 608. The van der Waals surface area contributed by atoms with Crippen molar-refractivity contribution >= 4 is 31.9 Å². The van der Waals surface area contributed by atoms with E-state index < -0.39 is 15.9 Å². The van der Waals surface area contributed by atoms with E-state index in [4.69, 9.17) is 5.73 Å². The molecule has 2 N–H and O–H groups in total. The third-order valence-corrected chi connectivity index (χ3v) is 5.01. The highest BCUT2D eigenvalue weighted by molar-refractivity contribution is 9.10. The van der Waals surface area contributed by atoms with E-state index in [0.29, 0.717) is 5.57 Å². The Kier molecular flexibility index (Phi) is 3.56. The van der Waals surface area contributed by atoms with Crippen LogP contribution in [0.4, 0.5) is 0 Å². The molecule has 1 aliphatic heterocycles. The monoisotopic (exact) mass is 330 g/mol. The second-order valence-corrected chi connectivity index (χ2v) is 6.70. The number of hydrogen-bond acceptors (Lipinski definition) is 3. The van der Waals surface area contributed by atoms with Gasteiger partial charge >= 0.3 is 0 Å². The maximum absolute atomic E-state index is 12.2. The van der Waals surface area contributed by atoms with Crippen molar-refractivity contribution in [3.63, 3.8) is 0 Å². The van der Waals surface area contributed by atoms with Crippen LogP contribution in [0.25, 0.3) is 0 Å². The minimum absolute atomic E-state index is 0.0354. The molecule has 0 atom stereocenters. The van der Waals surface area contributed by atoms with Gasteiger partial charge in [0.25, 0.3) is 0 Å². The lowest BCUT2D eigenvalue weighted by molar-refractivity contribution is -0.114. The minimum Gasteiger partial charge on any atom is -0.366 e. The van der Waals surface area contributed by atoms with Gasteiger partial charge in [0.2, 0.25) is 15.9 Å². The Hall–Kier alpha value is -1.18. The van der Waals surface area contributed by atoms with Crippen LogP contribution in [0.5, 0.6) is 0 Å². The molecule has 0 aliphatic carbocycles. The van der Waals surface area contributed by atoms with Gasteiger partial charge in [-0.05, 0) is 24.3 Å². The molecule has 1 aromatic rings. The Balaban J connectivity index is 2.24. The third-order valence-electron chi connectivity index (χ3n) is 2.66. The van der Waals surface area contributed by atoms with Crippen molar-refractivity contribution in [1.82, 2.24) is 4.31 Å². The fourth-order valence-electron chi connectivity index (χ4n) is 1.65. The molecule has 2 rings (SSSR count). The number of carbonyl (C=O) groups is 1. The van der Waals surface area contributed by atoms with Gasteiger partial charge < -0.3 is 5.73 Å². The van der Waals surface area contributed by atoms with E-state index in [1.807, 2.05) is 0 Å². The van der Waals surface area contributed by atoms with E-state index >= 15 is 0 Å². The molecule has 0 bridgehead atoms. The maximum atomic E-state index is 12.2. The Morgan fingerprint density at radius 1 is 1.28 bits per heavy atom. The van der Waals surface area contributed by atoms with Crippen LogP contribution in [0.15, 0.2) is 45.3 Å². The minimum atomic E-state index is -3.57. The van der Waals surface area contributed by atoms with Crippen molar-refractivity contribution in [2.24, 2.45) is 5.73 Å². The summed E-state index contributed by atoms with van der Waals surface area (Å²) in [5.41, 5.74) is 5.46. The summed E-state index contributed by atoms with van der Waals surface area (Å²) in [6, 6.07) is 6.35. The summed E-state index contributed by atoms with van der Waals surface area (Å²) in [7, 11) is -3.57. The number of benzene rings is 1. The molecule has 18 heavy (non-hydrogen) atoms. The summed E-state index contributed by atoms with van der Waals surface area (Å²) in [6.45, 7) is 0.213. The van der Waals surface area contributed by atoms with Gasteiger partial charge in [-0.25, -0.2) is 8.42 Å². The first-order valence-corrected chi connectivity index (χ1v) is 7.39. The molecule has 0 aromatic heterocycles. The molecule has 1 aromatic carbocycles. The molecule has 1 heterocycles. The molecule has 0 spiro atoms. The number of halogens is 1. The van der Waals surface area contributed by atoms with Gasteiger partial charge in [-0.1, -0.05) is 22.0 Å². The summed E-state index contributed by atoms with van der Waals surface area (Å²) in [5, 5.41) is 0. The highest BCUT2D eigenvalue weighted by Gasteiger charge is 2.29. The number of carbonyl (C=O) groups excluding carboxylic acids is 1. The molecule has 7 heteroatoms. The molecular formula is C11H11BrN2O3S. The number of rotatable bonds is 3. The highest BCUT2D eigenvalue weighted by atomic mass is 79.9. The third kappa shape index (κ3) is 2.47. The van der Waals surface area contributed by atoms with Gasteiger partial charge in [-0.2, -0.15) is 4.31 Å². The molecule has 0 saturated carbocycles. The van der Waals surface area contributed by atoms with Crippen molar-refractivity contribution in [3.05, 3.63) is 40.4 Å². The van der Waals surface area contributed by atoms with Crippen LogP contribution in [0, 0.1) is 0 Å². The van der Waals surface area contributed by atoms with Crippen molar-refractivity contribution in [2.75, 3.05) is 13.1 Å². The Morgan fingerprint density at radius 3 is 2.39 bits per heavy atom. The molecule has 1 aliphatic rings. The average molecular weight is 331 g/mol. The first-order chi connectivity index (χ1) is 8.41. The van der Waals surface area contributed by atoms with Crippen molar-refractivity contribution < 1.29 is 13.2 Å². The number of nitrogens with two attached hydrogens (primary N) is 1. The predicted octanol–water partition coefficient (Wildman–Crippen LogP) is 0.865. The molecule has 0 saturated heterocycles. The summed E-state index contributed by atoms with van der Waals surface area (Å²) >= 11 is 3.24. The van der Waals surface area contributed by atoms with Gasteiger partial charge in [0.05, 0.1) is 4.90 Å². The fourth-order valence-corrected chi connectivity index (χ4v) is 3.27. The van der Waals surface area contributed by atoms with Gasteiger partial charge in [-0.15, -0.1) is 0 Å². The van der Waals surface area contributed by atoms with Crippen LogP contribution in [0.3, 0.4) is 0 Å². The predicted molar refractivity (Wildman–Crippen MR) is 70.2 cm³/mol. The smallest absolute Gasteiger partial charge is 0.245 e. The van der Waals surface area contributed by atoms with E-state index in [-0.39, 0.29) is 18.0 Å². The first kappa shape index (κ1) is 13.3. The van der Waals surface area contributed by atoms with Crippen LogP contribution in [-0.4, -0.2) is 31.7 Å². The van der Waals surface area contributed by atoms with Crippen LogP contribution < -0.4 is 5.73 Å². The molecule has 0 fully saturated rings. The van der Waals surface area contributed by atoms with Crippen molar-refractivity contribution in [1.29, 1.82) is 0 Å². The van der Waals surface area contributed by atoms with Crippen LogP contribution in [0.2, 0.25) is 0 Å². The quantitative estimate of drug-likeness (QED) is 0.892. The molecular weight excluding hydrogens is 320 g/mol. The van der Waals surface area contributed by atoms with Gasteiger partial charge in [0.15, 0.2) is 0 Å². The molecule has 1 amide bonds. The zero-order valence-electron chi connectivity index (χ0n) is 9.34. The fraction of sp³-hybridized carbons (Fsp3) is 0.182. The van der Waals surface area contributed by atoms with Crippen LogP contribution in [-0.2, 0) is 14.8 Å². The molecule has 0 unspecified atom stereocenters. The SMILES string of the molecule is NC(=O)C1=CCN(S(=O)(=O)c2ccc(Br)cc2)C1. The lowest BCUT2D eigenvalue weighted by Gasteiger charge is -2.16. The summed E-state index contributed by atoms with van der Waals surface area (Å²) in [4.78, 5) is 11.2. The zero-order chi connectivity index (χ0) is 13.3. The van der Waals surface area contributed by atoms with E-state index in [1.54, 1.807) is 18.2 Å². The molecule has 96 valence electrons. The lowest BCUT2D eigenvalue weighted by Crippen LogP contribution is -2.30. The maximum Gasteiger partial charge on any atom is 0.245 e. The summed E-state index contributed by atoms with van der Waals surface area (Å²) in [6.07, 6.45) is 1.54. The van der Waals surface area contributed by atoms with Gasteiger partial charge in [0.1, 0.15) is 0 Å². The molecule has 0 radical (unpaired) electrons. The lowest BCUT2D eigenvalue weighted by atomic mass is 10.3. The van der Waals surface area contributed by atoms with Crippen molar-refractivity contribution in [2.45, 2.75) is 4.90 Å². The number of primary amides is 1. The Labute approximate surface area is 113 Å². The standard InChI is InChI=1S/C11H11BrN2O3S/c12-9-1-3-10(4-2-9)18(16,17)14-6-5-8(7-14)11(13)15/h1-5H,6-7H2,(H2,13,15). The second kappa shape index (κ2) is 4.83. The average Bonchev–Trinajstić information content (AvgIpc) is 2.79.